The van der Waals surface area contributed by atoms with Crippen LogP contribution in [0.3, 0.4) is 0 Å². The van der Waals surface area contributed by atoms with E-state index in [1.165, 1.54) is 0 Å². The first kappa shape index (κ1) is 14.4. The van der Waals surface area contributed by atoms with Crippen molar-refractivity contribution in [1.82, 2.24) is 4.90 Å². The first-order chi connectivity index (χ1) is 9.54. The molecular formula is C15H20N2O3. The van der Waals surface area contributed by atoms with E-state index in [1.54, 1.807) is 30.8 Å². The molecule has 0 aliphatic carbocycles. The quantitative estimate of drug-likeness (QED) is 0.791. The Morgan fingerprint density at radius 3 is 2.75 bits per heavy atom. The first-order valence-corrected chi connectivity index (χ1v) is 6.79. The van der Waals surface area contributed by atoms with Crippen LogP contribution in [0.15, 0.2) is 18.2 Å². The lowest BCUT2D eigenvalue weighted by molar-refractivity contribution is -0.142. The maximum absolute atomic E-state index is 12.2. The molecule has 0 spiro atoms. The third kappa shape index (κ3) is 2.76. The number of benzene rings is 1. The van der Waals surface area contributed by atoms with Crippen molar-refractivity contribution >= 4 is 17.7 Å². The molecule has 1 aliphatic heterocycles. The number of hydrogen-bond acceptors (Lipinski definition) is 3. The van der Waals surface area contributed by atoms with Gasteiger partial charge >= 0.3 is 12.0 Å². The highest BCUT2D eigenvalue weighted by Gasteiger charge is 2.28. The van der Waals surface area contributed by atoms with Gasteiger partial charge in [-0.15, -0.1) is 0 Å². The number of esters is 1. The second kappa shape index (κ2) is 5.94. The fourth-order valence-electron chi connectivity index (χ4n) is 2.48. The summed E-state index contributed by atoms with van der Waals surface area (Å²) < 4.78 is 5.00. The maximum Gasteiger partial charge on any atom is 0.323 e. The predicted molar refractivity (Wildman–Crippen MR) is 76.9 cm³/mol. The number of ether oxygens (including phenoxy) is 1. The normalized spacial score (nSPS) is 13.1. The standard InChI is InChI=1S/C15H20N2O3/c1-4-20-13(18)10-12-7-5-6-11-8-9-17(14(11)12)15(19)16(2)3/h5-7H,4,8-10H2,1-3H3. The molecule has 0 saturated carbocycles. The number of anilines is 1. The van der Waals surface area contributed by atoms with Gasteiger partial charge in [0.1, 0.15) is 0 Å². The number of rotatable bonds is 3. The van der Waals surface area contributed by atoms with Crippen LogP contribution in [-0.4, -0.2) is 44.1 Å². The zero-order valence-corrected chi connectivity index (χ0v) is 12.2. The van der Waals surface area contributed by atoms with Gasteiger partial charge in [-0.2, -0.15) is 0 Å². The minimum Gasteiger partial charge on any atom is -0.466 e. The van der Waals surface area contributed by atoms with E-state index in [-0.39, 0.29) is 18.4 Å². The number of amides is 2. The largest absolute Gasteiger partial charge is 0.466 e. The number of fused-ring (bicyclic) bond motifs is 1. The van der Waals surface area contributed by atoms with Crippen LogP contribution in [0.2, 0.25) is 0 Å². The average molecular weight is 276 g/mol. The van der Waals surface area contributed by atoms with Gasteiger partial charge in [0.2, 0.25) is 0 Å². The summed E-state index contributed by atoms with van der Waals surface area (Å²) in [7, 11) is 3.46. The van der Waals surface area contributed by atoms with Gasteiger partial charge in [-0.25, -0.2) is 4.79 Å². The third-order valence-electron chi connectivity index (χ3n) is 3.33. The summed E-state index contributed by atoms with van der Waals surface area (Å²) in [5.41, 5.74) is 2.84. The molecule has 0 bridgehead atoms. The van der Waals surface area contributed by atoms with E-state index in [0.717, 1.165) is 23.2 Å². The van der Waals surface area contributed by atoms with Crippen LogP contribution >= 0.6 is 0 Å². The third-order valence-corrected chi connectivity index (χ3v) is 3.33. The van der Waals surface area contributed by atoms with Gasteiger partial charge in [0.05, 0.1) is 18.7 Å². The van der Waals surface area contributed by atoms with E-state index in [9.17, 15) is 9.59 Å². The number of urea groups is 1. The number of para-hydroxylation sites is 1. The Labute approximate surface area is 119 Å². The van der Waals surface area contributed by atoms with Gasteiger partial charge in [0, 0.05) is 20.6 Å². The van der Waals surface area contributed by atoms with Crippen molar-refractivity contribution in [3.8, 4) is 0 Å². The Morgan fingerprint density at radius 1 is 1.35 bits per heavy atom. The molecule has 0 atom stereocenters. The fourth-order valence-corrected chi connectivity index (χ4v) is 2.48. The highest BCUT2D eigenvalue weighted by atomic mass is 16.5. The zero-order chi connectivity index (χ0) is 14.7. The Morgan fingerprint density at radius 2 is 2.10 bits per heavy atom. The molecule has 0 N–H and O–H groups in total. The van der Waals surface area contributed by atoms with Gasteiger partial charge in [0.15, 0.2) is 0 Å². The van der Waals surface area contributed by atoms with Crippen molar-refractivity contribution in [3.05, 3.63) is 29.3 Å². The molecule has 5 heteroatoms. The molecule has 0 radical (unpaired) electrons. The van der Waals surface area contributed by atoms with Crippen molar-refractivity contribution in [2.75, 3.05) is 32.1 Å². The zero-order valence-electron chi connectivity index (χ0n) is 12.2. The van der Waals surface area contributed by atoms with Crippen molar-refractivity contribution in [2.45, 2.75) is 19.8 Å². The summed E-state index contributed by atoms with van der Waals surface area (Å²) in [4.78, 5) is 27.2. The summed E-state index contributed by atoms with van der Waals surface area (Å²) in [6.07, 6.45) is 1.03. The van der Waals surface area contributed by atoms with Crippen LogP contribution < -0.4 is 4.90 Å². The molecule has 1 aliphatic rings. The molecule has 0 fully saturated rings. The van der Waals surface area contributed by atoms with Crippen LogP contribution in [0, 0.1) is 0 Å². The summed E-state index contributed by atoms with van der Waals surface area (Å²) in [6, 6.07) is 5.76. The van der Waals surface area contributed by atoms with Crippen LogP contribution in [0.5, 0.6) is 0 Å². The van der Waals surface area contributed by atoms with Crippen molar-refractivity contribution in [2.24, 2.45) is 0 Å². The SMILES string of the molecule is CCOC(=O)Cc1cccc2c1N(C(=O)N(C)C)CC2. The number of carbonyl (C=O) groups excluding carboxylic acids is 2. The molecule has 1 aromatic carbocycles. The van der Waals surface area contributed by atoms with Crippen molar-refractivity contribution < 1.29 is 14.3 Å². The molecule has 0 aromatic heterocycles. The molecule has 2 rings (SSSR count). The molecule has 1 heterocycles. The molecule has 0 saturated heterocycles. The Hall–Kier alpha value is -2.04. The summed E-state index contributed by atoms with van der Waals surface area (Å²) >= 11 is 0. The lowest BCUT2D eigenvalue weighted by Gasteiger charge is -2.23. The number of carbonyl (C=O) groups is 2. The predicted octanol–water partition coefficient (Wildman–Crippen LogP) is 1.84. The Bertz CT molecular complexity index is 526. The van der Waals surface area contributed by atoms with E-state index in [0.29, 0.717) is 13.2 Å². The summed E-state index contributed by atoms with van der Waals surface area (Å²) in [5, 5.41) is 0. The fraction of sp³-hybridized carbons (Fsp3) is 0.467. The molecule has 5 nitrogen and oxygen atoms in total. The van der Waals surface area contributed by atoms with Crippen LogP contribution in [0.1, 0.15) is 18.1 Å². The Balaban J connectivity index is 2.30. The number of hydrogen-bond donors (Lipinski definition) is 0. The van der Waals surface area contributed by atoms with Crippen molar-refractivity contribution in [3.63, 3.8) is 0 Å². The summed E-state index contributed by atoms with van der Waals surface area (Å²) in [6.45, 7) is 2.82. The highest BCUT2D eigenvalue weighted by molar-refractivity contribution is 5.95. The minimum absolute atomic E-state index is 0.0555. The van der Waals surface area contributed by atoms with Gasteiger partial charge < -0.3 is 9.64 Å². The minimum atomic E-state index is -0.259. The lowest BCUT2D eigenvalue weighted by Crippen LogP contribution is -2.38. The topological polar surface area (TPSA) is 49.9 Å². The second-order valence-corrected chi connectivity index (χ2v) is 4.99. The van der Waals surface area contributed by atoms with E-state index >= 15 is 0 Å². The molecular weight excluding hydrogens is 256 g/mol. The average Bonchev–Trinajstić information content (AvgIpc) is 2.83. The van der Waals surface area contributed by atoms with Gasteiger partial charge in [-0.3, -0.25) is 9.69 Å². The van der Waals surface area contributed by atoms with Crippen LogP contribution in [0.25, 0.3) is 0 Å². The van der Waals surface area contributed by atoms with Crippen LogP contribution in [0.4, 0.5) is 10.5 Å². The molecule has 108 valence electrons. The Kier molecular flexibility index (Phi) is 4.27. The maximum atomic E-state index is 12.2. The molecule has 20 heavy (non-hydrogen) atoms. The van der Waals surface area contributed by atoms with Gasteiger partial charge in [-0.05, 0) is 24.5 Å². The lowest BCUT2D eigenvalue weighted by atomic mass is 10.0. The highest BCUT2D eigenvalue weighted by Crippen LogP contribution is 2.32. The number of nitrogens with zero attached hydrogens (tertiary/aromatic N) is 2. The van der Waals surface area contributed by atoms with E-state index < -0.39 is 0 Å². The molecule has 1 aromatic rings. The van der Waals surface area contributed by atoms with Gasteiger partial charge in [-0.1, -0.05) is 18.2 Å². The van der Waals surface area contributed by atoms with Crippen molar-refractivity contribution in [1.29, 1.82) is 0 Å². The van der Waals surface area contributed by atoms with E-state index in [4.69, 9.17) is 4.74 Å². The monoisotopic (exact) mass is 276 g/mol. The molecule has 0 unspecified atom stereocenters. The smallest absolute Gasteiger partial charge is 0.323 e. The first-order valence-electron chi connectivity index (χ1n) is 6.79. The van der Waals surface area contributed by atoms with E-state index in [1.807, 2.05) is 18.2 Å². The van der Waals surface area contributed by atoms with Gasteiger partial charge in [0.25, 0.3) is 0 Å². The van der Waals surface area contributed by atoms with Crippen LogP contribution in [-0.2, 0) is 22.4 Å². The van der Waals surface area contributed by atoms with E-state index in [2.05, 4.69) is 0 Å². The second-order valence-electron chi connectivity index (χ2n) is 4.99. The molecule has 2 amide bonds. The summed E-state index contributed by atoms with van der Waals surface area (Å²) in [5.74, 6) is -0.259.